The SMILES string of the molecule is CCOc1ccc(C=C2C(=O)OC3(CCCC3)OC2=O)c2ccccc12. The smallest absolute Gasteiger partial charge is 0.348 e. The van der Waals surface area contributed by atoms with Gasteiger partial charge >= 0.3 is 11.9 Å². The second-order valence-corrected chi connectivity index (χ2v) is 6.59. The van der Waals surface area contributed by atoms with E-state index < -0.39 is 17.7 Å². The molecule has 2 aliphatic rings. The Labute approximate surface area is 151 Å². The number of carbonyl (C=O) groups is 2. The maximum Gasteiger partial charge on any atom is 0.348 e. The molecule has 5 nitrogen and oxygen atoms in total. The van der Waals surface area contributed by atoms with Crippen molar-refractivity contribution in [2.45, 2.75) is 38.4 Å². The Balaban J connectivity index is 1.73. The molecule has 0 bridgehead atoms. The Bertz CT molecular complexity index is 884. The van der Waals surface area contributed by atoms with E-state index in [9.17, 15) is 9.59 Å². The zero-order valence-corrected chi connectivity index (χ0v) is 14.6. The first-order valence-corrected chi connectivity index (χ1v) is 8.95. The second kappa shape index (κ2) is 6.48. The van der Waals surface area contributed by atoms with Crippen molar-refractivity contribution in [1.29, 1.82) is 0 Å². The number of ether oxygens (including phenoxy) is 3. The molecule has 0 radical (unpaired) electrons. The maximum atomic E-state index is 12.5. The van der Waals surface area contributed by atoms with E-state index in [2.05, 4.69) is 0 Å². The third kappa shape index (κ3) is 2.83. The van der Waals surface area contributed by atoms with E-state index in [-0.39, 0.29) is 5.57 Å². The van der Waals surface area contributed by atoms with Crippen LogP contribution in [0.3, 0.4) is 0 Å². The molecule has 5 heteroatoms. The van der Waals surface area contributed by atoms with Gasteiger partial charge in [-0.2, -0.15) is 0 Å². The van der Waals surface area contributed by atoms with Gasteiger partial charge in [-0.05, 0) is 42.9 Å². The summed E-state index contributed by atoms with van der Waals surface area (Å²) < 4.78 is 16.6. The molecule has 1 saturated heterocycles. The first kappa shape index (κ1) is 16.6. The van der Waals surface area contributed by atoms with Crippen LogP contribution in [0, 0.1) is 0 Å². The predicted octanol–water partition coefficient (Wildman–Crippen LogP) is 3.99. The Hall–Kier alpha value is -2.82. The molecule has 1 saturated carbocycles. The van der Waals surface area contributed by atoms with Gasteiger partial charge in [0, 0.05) is 18.2 Å². The standard InChI is InChI=1S/C21H20O5/c1-2-24-18-10-9-14(15-7-3-4-8-16(15)18)13-17-19(22)25-21(26-20(17)23)11-5-6-12-21/h3-4,7-10,13H,2,5-6,11-12H2,1H3. The lowest BCUT2D eigenvalue weighted by Crippen LogP contribution is -2.44. The number of benzene rings is 2. The number of fused-ring (bicyclic) bond motifs is 1. The van der Waals surface area contributed by atoms with E-state index in [1.807, 2.05) is 43.3 Å². The van der Waals surface area contributed by atoms with Crippen LogP contribution in [0.2, 0.25) is 0 Å². The molecule has 1 heterocycles. The summed E-state index contributed by atoms with van der Waals surface area (Å²) in [5.41, 5.74) is 0.673. The molecule has 1 spiro atoms. The van der Waals surface area contributed by atoms with E-state index in [1.54, 1.807) is 6.08 Å². The van der Waals surface area contributed by atoms with Gasteiger partial charge in [0.1, 0.15) is 11.3 Å². The minimum absolute atomic E-state index is 0.0724. The zero-order chi connectivity index (χ0) is 18.1. The largest absolute Gasteiger partial charge is 0.493 e. The van der Waals surface area contributed by atoms with Gasteiger partial charge in [0.15, 0.2) is 0 Å². The van der Waals surface area contributed by atoms with Gasteiger partial charge in [-0.25, -0.2) is 9.59 Å². The number of carbonyl (C=O) groups excluding carboxylic acids is 2. The first-order chi connectivity index (χ1) is 12.6. The van der Waals surface area contributed by atoms with Crippen LogP contribution in [0.15, 0.2) is 42.0 Å². The average Bonchev–Trinajstić information content (AvgIpc) is 3.07. The summed E-state index contributed by atoms with van der Waals surface area (Å²) in [7, 11) is 0. The Morgan fingerprint density at radius 1 is 1.00 bits per heavy atom. The highest BCUT2D eigenvalue weighted by Gasteiger charge is 2.47. The normalized spacial score (nSPS) is 18.7. The quantitative estimate of drug-likeness (QED) is 0.475. The first-order valence-electron chi connectivity index (χ1n) is 8.95. The number of hydrogen-bond donors (Lipinski definition) is 0. The predicted molar refractivity (Wildman–Crippen MR) is 96.5 cm³/mol. The number of esters is 2. The van der Waals surface area contributed by atoms with Crippen molar-refractivity contribution < 1.29 is 23.8 Å². The van der Waals surface area contributed by atoms with Crippen LogP contribution in [0.1, 0.15) is 38.2 Å². The summed E-state index contributed by atoms with van der Waals surface area (Å²) >= 11 is 0. The molecule has 0 amide bonds. The van der Waals surface area contributed by atoms with Gasteiger partial charge in [-0.3, -0.25) is 0 Å². The van der Waals surface area contributed by atoms with Crippen molar-refractivity contribution in [3.8, 4) is 5.75 Å². The molecule has 0 N–H and O–H groups in total. The van der Waals surface area contributed by atoms with Crippen molar-refractivity contribution >= 4 is 28.8 Å². The minimum Gasteiger partial charge on any atom is -0.493 e. The molecule has 0 aromatic heterocycles. The van der Waals surface area contributed by atoms with Crippen LogP contribution >= 0.6 is 0 Å². The van der Waals surface area contributed by atoms with Crippen molar-refractivity contribution in [3.63, 3.8) is 0 Å². The summed E-state index contributed by atoms with van der Waals surface area (Å²) in [5.74, 6) is -1.50. The molecule has 2 fully saturated rings. The van der Waals surface area contributed by atoms with E-state index in [4.69, 9.17) is 14.2 Å². The Kier molecular flexibility index (Phi) is 4.15. The zero-order valence-electron chi connectivity index (χ0n) is 14.6. The molecule has 2 aromatic rings. The Morgan fingerprint density at radius 2 is 1.65 bits per heavy atom. The maximum absolute atomic E-state index is 12.5. The summed E-state index contributed by atoms with van der Waals surface area (Å²) in [4.78, 5) is 24.9. The highest BCUT2D eigenvalue weighted by Crippen LogP contribution is 2.39. The summed E-state index contributed by atoms with van der Waals surface area (Å²) in [6.07, 6.45) is 4.48. The lowest BCUT2D eigenvalue weighted by molar-refractivity contribution is -0.232. The van der Waals surface area contributed by atoms with Gasteiger partial charge in [0.2, 0.25) is 0 Å². The fraction of sp³-hybridized carbons (Fsp3) is 0.333. The highest BCUT2D eigenvalue weighted by atomic mass is 16.7. The molecule has 26 heavy (non-hydrogen) atoms. The van der Waals surface area contributed by atoms with Crippen molar-refractivity contribution in [2.24, 2.45) is 0 Å². The van der Waals surface area contributed by atoms with Crippen molar-refractivity contribution in [3.05, 3.63) is 47.5 Å². The molecule has 1 aliphatic carbocycles. The fourth-order valence-electron chi connectivity index (χ4n) is 3.65. The minimum atomic E-state index is -1.05. The van der Waals surface area contributed by atoms with Gasteiger partial charge in [0.25, 0.3) is 5.79 Å². The van der Waals surface area contributed by atoms with Crippen LogP contribution < -0.4 is 4.74 Å². The third-order valence-electron chi connectivity index (χ3n) is 4.88. The van der Waals surface area contributed by atoms with E-state index in [1.165, 1.54) is 0 Å². The second-order valence-electron chi connectivity index (χ2n) is 6.59. The van der Waals surface area contributed by atoms with Crippen LogP contribution in [0.5, 0.6) is 5.75 Å². The van der Waals surface area contributed by atoms with Gasteiger partial charge in [0.05, 0.1) is 6.61 Å². The highest BCUT2D eigenvalue weighted by molar-refractivity contribution is 6.19. The molecule has 0 unspecified atom stereocenters. The van der Waals surface area contributed by atoms with E-state index >= 15 is 0 Å². The number of hydrogen-bond acceptors (Lipinski definition) is 5. The van der Waals surface area contributed by atoms with Gasteiger partial charge < -0.3 is 14.2 Å². The molecular weight excluding hydrogens is 332 g/mol. The van der Waals surface area contributed by atoms with Crippen molar-refractivity contribution in [1.82, 2.24) is 0 Å². The molecule has 1 aliphatic heterocycles. The average molecular weight is 352 g/mol. The van der Waals surface area contributed by atoms with Gasteiger partial charge in [-0.1, -0.05) is 30.3 Å². The summed E-state index contributed by atoms with van der Waals surface area (Å²) in [6, 6.07) is 11.4. The van der Waals surface area contributed by atoms with Crippen molar-refractivity contribution in [2.75, 3.05) is 6.61 Å². The van der Waals surface area contributed by atoms with Crippen LogP contribution in [0.25, 0.3) is 16.8 Å². The topological polar surface area (TPSA) is 61.8 Å². The summed E-state index contributed by atoms with van der Waals surface area (Å²) in [6.45, 7) is 2.49. The Morgan fingerprint density at radius 3 is 2.31 bits per heavy atom. The molecule has 4 rings (SSSR count). The fourth-order valence-corrected chi connectivity index (χ4v) is 3.65. The molecule has 2 aromatic carbocycles. The van der Waals surface area contributed by atoms with Crippen LogP contribution in [-0.4, -0.2) is 24.3 Å². The van der Waals surface area contributed by atoms with Crippen LogP contribution in [-0.2, 0) is 19.1 Å². The number of rotatable bonds is 3. The third-order valence-corrected chi connectivity index (χ3v) is 4.88. The van der Waals surface area contributed by atoms with Gasteiger partial charge in [-0.15, -0.1) is 0 Å². The molecular formula is C21H20O5. The van der Waals surface area contributed by atoms with E-state index in [0.717, 1.165) is 34.9 Å². The van der Waals surface area contributed by atoms with E-state index in [0.29, 0.717) is 19.4 Å². The lowest BCUT2D eigenvalue weighted by atomic mass is 10.0. The monoisotopic (exact) mass is 352 g/mol. The van der Waals surface area contributed by atoms with Crippen LogP contribution in [0.4, 0.5) is 0 Å². The molecule has 134 valence electrons. The summed E-state index contributed by atoms with van der Waals surface area (Å²) in [5, 5.41) is 1.82. The molecule has 0 atom stereocenters. The lowest BCUT2D eigenvalue weighted by Gasteiger charge is -2.32.